The first kappa shape index (κ1) is 22.1. The SMILES string of the molecule is CCCCOCCCNC(=NCC(c1cccs1)N1CCOCC1)NCC. The Labute approximate surface area is 168 Å². The van der Waals surface area contributed by atoms with E-state index in [0.29, 0.717) is 6.04 Å². The lowest BCUT2D eigenvalue weighted by Crippen LogP contribution is -2.41. The third kappa shape index (κ3) is 8.60. The minimum Gasteiger partial charge on any atom is -0.381 e. The van der Waals surface area contributed by atoms with Crippen molar-refractivity contribution in [1.29, 1.82) is 0 Å². The fraction of sp³-hybridized carbons (Fsp3) is 0.750. The van der Waals surface area contributed by atoms with Gasteiger partial charge in [0.15, 0.2) is 5.96 Å². The molecule has 1 saturated heterocycles. The van der Waals surface area contributed by atoms with Crippen LogP contribution in [0, 0.1) is 0 Å². The second kappa shape index (κ2) is 13.9. The number of hydrogen-bond acceptors (Lipinski definition) is 5. The number of guanidine groups is 1. The van der Waals surface area contributed by atoms with Crippen LogP contribution in [-0.2, 0) is 9.47 Å². The van der Waals surface area contributed by atoms with E-state index in [2.05, 4.69) is 46.9 Å². The first-order valence-corrected chi connectivity index (χ1v) is 11.2. The molecule has 0 amide bonds. The van der Waals surface area contributed by atoms with Crippen molar-refractivity contribution in [3.8, 4) is 0 Å². The number of morpholine rings is 1. The molecule has 0 aliphatic carbocycles. The van der Waals surface area contributed by atoms with Crippen LogP contribution in [0.2, 0.25) is 0 Å². The van der Waals surface area contributed by atoms with Gasteiger partial charge in [-0.3, -0.25) is 9.89 Å². The van der Waals surface area contributed by atoms with Crippen LogP contribution in [-0.4, -0.2) is 70.0 Å². The van der Waals surface area contributed by atoms with Gasteiger partial charge in [-0.2, -0.15) is 0 Å². The number of nitrogens with zero attached hydrogens (tertiary/aromatic N) is 2. The summed E-state index contributed by atoms with van der Waals surface area (Å²) in [5.74, 6) is 0.890. The van der Waals surface area contributed by atoms with Gasteiger partial charge in [0.1, 0.15) is 0 Å². The average molecular weight is 397 g/mol. The molecule has 0 saturated carbocycles. The van der Waals surface area contributed by atoms with Crippen molar-refractivity contribution in [2.24, 2.45) is 4.99 Å². The lowest BCUT2D eigenvalue weighted by atomic mass is 10.2. The maximum Gasteiger partial charge on any atom is 0.191 e. The lowest BCUT2D eigenvalue weighted by Gasteiger charge is -2.33. The number of unbranched alkanes of at least 4 members (excludes halogenated alkanes) is 1. The van der Waals surface area contributed by atoms with Crippen LogP contribution in [0.15, 0.2) is 22.5 Å². The fourth-order valence-corrected chi connectivity index (χ4v) is 3.86. The van der Waals surface area contributed by atoms with Crippen LogP contribution in [0.1, 0.15) is 44.0 Å². The summed E-state index contributed by atoms with van der Waals surface area (Å²) in [4.78, 5) is 8.74. The molecule has 0 radical (unpaired) electrons. The Hall–Kier alpha value is -1.15. The van der Waals surface area contributed by atoms with Crippen LogP contribution in [0.4, 0.5) is 0 Å². The molecule has 2 rings (SSSR count). The third-order valence-electron chi connectivity index (χ3n) is 4.52. The van der Waals surface area contributed by atoms with Gasteiger partial charge in [-0.25, -0.2) is 0 Å². The predicted octanol–water partition coefficient (Wildman–Crippen LogP) is 2.88. The molecule has 7 heteroatoms. The molecule has 1 fully saturated rings. The van der Waals surface area contributed by atoms with Gasteiger partial charge in [-0.15, -0.1) is 11.3 Å². The number of nitrogens with one attached hydrogen (secondary N) is 2. The first-order valence-electron chi connectivity index (χ1n) is 10.3. The van der Waals surface area contributed by atoms with Gasteiger partial charge in [0.25, 0.3) is 0 Å². The van der Waals surface area contributed by atoms with Gasteiger partial charge >= 0.3 is 0 Å². The normalized spacial score (nSPS) is 17.0. The van der Waals surface area contributed by atoms with E-state index in [0.717, 1.165) is 78.0 Å². The zero-order valence-corrected chi connectivity index (χ0v) is 17.7. The van der Waals surface area contributed by atoms with Crippen molar-refractivity contribution in [3.63, 3.8) is 0 Å². The van der Waals surface area contributed by atoms with E-state index in [9.17, 15) is 0 Å². The first-order chi connectivity index (χ1) is 13.3. The molecule has 1 atom stereocenters. The zero-order chi connectivity index (χ0) is 19.2. The summed E-state index contributed by atoms with van der Waals surface area (Å²) in [6, 6.07) is 4.66. The van der Waals surface area contributed by atoms with Crippen molar-refractivity contribution in [3.05, 3.63) is 22.4 Å². The number of thiophene rings is 1. The topological polar surface area (TPSA) is 58.1 Å². The van der Waals surface area contributed by atoms with Crippen LogP contribution in [0.25, 0.3) is 0 Å². The molecular weight excluding hydrogens is 360 g/mol. The van der Waals surface area contributed by atoms with Crippen LogP contribution in [0.3, 0.4) is 0 Å². The van der Waals surface area contributed by atoms with Crippen molar-refractivity contribution < 1.29 is 9.47 Å². The van der Waals surface area contributed by atoms with Crippen molar-refractivity contribution >= 4 is 17.3 Å². The highest BCUT2D eigenvalue weighted by Gasteiger charge is 2.23. The van der Waals surface area contributed by atoms with Crippen molar-refractivity contribution in [2.45, 2.75) is 39.2 Å². The summed E-state index contributed by atoms with van der Waals surface area (Å²) >= 11 is 1.81. The Kier molecular flexibility index (Phi) is 11.4. The molecule has 2 heterocycles. The van der Waals surface area contributed by atoms with E-state index in [1.54, 1.807) is 0 Å². The van der Waals surface area contributed by atoms with E-state index < -0.39 is 0 Å². The molecule has 1 aliphatic rings. The van der Waals surface area contributed by atoms with Gasteiger partial charge in [0.05, 0.1) is 25.8 Å². The minimum absolute atomic E-state index is 0.321. The molecule has 0 bridgehead atoms. The van der Waals surface area contributed by atoms with Gasteiger partial charge < -0.3 is 20.1 Å². The van der Waals surface area contributed by atoms with Crippen LogP contribution >= 0.6 is 11.3 Å². The van der Waals surface area contributed by atoms with Gasteiger partial charge in [-0.05, 0) is 31.2 Å². The van der Waals surface area contributed by atoms with Gasteiger partial charge in [0, 0.05) is 44.3 Å². The number of hydrogen-bond donors (Lipinski definition) is 2. The molecule has 6 nitrogen and oxygen atoms in total. The average Bonchev–Trinajstić information content (AvgIpc) is 3.22. The third-order valence-corrected chi connectivity index (χ3v) is 5.50. The van der Waals surface area contributed by atoms with E-state index in [4.69, 9.17) is 14.5 Å². The molecule has 1 unspecified atom stereocenters. The Morgan fingerprint density at radius 3 is 2.78 bits per heavy atom. The summed E-state index contributed by atoms with van der Waals surface area (Å²) < 4.78 is 11.1. The molecule has 0 spiro atoms. The summed E-state index contributed by atoms with van der Waals surface area (Å²) in [6.45, 7) is 12.0. The minimum atomic E-state index is 0.321. The van der Waals surface area contributed by atoms with Crippen LogP contribution < -0.4 is 10.6 Å². The van der Waals surface area contributed by atoms with E-state index in [1.165, 1.54) is 11.3 Å². The maximum absolute atomic E-state index is 5.62. The molecule has 0 aromatic carbocycles. The van der Waals surface area contributed by atoms with Gasteiger partial charge in [0.2, 0.25) is 0 Å². The zero-order valence-electron chi connectivity index (χ0n) is 16.9. The van der Waals surface area contributed by atoms with Gasteiger partial charge in [-0.1, -0.05) is 19.4 Å². The second-order valence-corrected chi connectivity index (χ2v) is 7.62. The van der Waals surface area contributed by atoms with E-state index >= 15 is 0 Å². The lowest BCUT2D eigenvalue weighted by molar-refractivity contribution is 0.0186. The Morgan fingerprint density at radius 2 is 2.07 bits per heavy atom. The highest BCUT2D eigenvalue weighted by atomic mass is 32.1. The van der Waals surface area contributed by atoms with Crippen LogP contribution in [0.5, 0.6) is 0 Å². The largest absolute Gasteiger partial charge is 0.381 e. The number of aliphatic imine (C=N–C) groups is 1. The molecule has 2 N–H and O–H groups in total. The Bertz CT molecular complexity index is 504. The number of rotatable bonds is 12. The highest BCUT2D eigenvalue weighted by Crippen LogP contribution is 2.26. The highest BCUT2D eigenvalue weighted by molar-refractivity contribution is 7.10. The Balaban J connectivity index is 1.84. The summed E-state index contributed by atoms with van der Waals surface area (Å²) in [6.07, 6.45) is 3.32. The predicted molar refractivity (Wildman–Crippen MR) is 114 cm³/mol. The molecule has 27 heavy (non-hydrogen) atoms. The molecule has 154 valence electrons. The van der Waals surface area contributed by atoms with E-state index in [-0.39, 0.29) is 0 Å². The second-order valence-electron chi connectivity index (χ2n) is 6.65. The summed E-state index contributed by atoms with van der Waals surface area (Å²) in [7, 11) is 0. The molecule has 1 aromatic heterocycles. The maximum atomic E-state index is 5.62. The van der Waals surface area contributed by atoms with Crippen molar-refractivity contribution in [1.82, 2.24) is 15.5 Å². The standard InChI is InChI=1S/C20H36N4O2S/c1-3-5-12-25-13-7-9-22-20(21-4-2)23-17-18(19-8-6-16-27-19)24-10-14-26-15-11-24/h6,8,16,18H,3-5,7,9-15,17H2,1-2H3,(H2,21,22,23). The molecular formula is C20H36N4O2S. The number of ether oxygens (including phenoxy) is 2. The Morgan fingerprint density at radius 1 is 1.26 bits per heavy atom. The quantitative estimate of drug-likeness (QED) is 0.323. The molecule has 1 aromatic rings. The van der Waals surface area contributed by atoms with Crippen molar-refractivity contribution in [2.75, 3.05) is 59.2 Å². The smallest absolute Gasteiger partial charge is 0.191 e. The van der Waals surface area contributed by atoms with E-state index in [1.807, 2.05) is 11.3 Å². The fourth-order valence-electron chi connectivity index (χ4n) is 3.00. The summed E-state index contributed by atoms with van der Waals surface area (Å²) in [5.41, 5.74) is 0. The molecule has 1 aliphatic heterocycles. The summed E-state index contributed by atoms with van der Waals surface area (Å²) in [5, 5.41) is 8.94. The monoisotopic (exact) mass is 396 g/mol.